The number of H-pyrrole nitrogens is 1. The SMILES string of the molecule is Cc1cc(O)c(-c2n[nH]c3c2[C@@H](c2ccc(Br)cc2)N(CCO)C3=O)cc1Cl. The van der Waals surface area contributed by atoms with Crippen LogP contribution in [-0.2, 0) is 0 Å². The Bertz CT molecular complexity index is 1070. The maximum absolute atomic E-state index is 12.9. The number of aromatic nitrogens is 2. The van der Waals surface area contributed by atoms with Gasteiger partial charge >= 0.3 is 0 Å². The van der Waals surface area contributed by atoms with E-state index in [9.17, 15) is 15.0 Å². The van der Waals surface area contributed by atoms with Gasteiger partial charge < -0.3 is 15.1 Å². The van der Waals surface area contributed by atoms with Gasteiger partial charge in [-0.15, -0.1) is 0 Å². The Morgan fingerprint density at radius 1 is 1.29 bits per heavy atom. The third-order valence-electron chi connectivity index (χ3n) is 4.92. The van der Waals surface area contributed by atoms with Gasteiger partial charge in [0, 0.05) is 27.2 Å². The molecule has 6 nitrogen and oxygen atoms in total. The fraction of sp³-hybridized carbons (Fsp3) is 0.200. The van der Waals surface area contributed by atoms with Crippen LogP contribution >= 0.6 is 27.5 Å². The number of hydrogen-bond acceptors (Lipinski definition) is 4. The number of phenols is 1. The van der Waals surface area contributed by atoms with Crippen LogP contribution in [0.5, 0.6) is 5.75 Å². The normalized spacial score (nSPS) is 15.9. The Morgan fingerprint density at radius 2 is 2.00 bits per heavy atom. The van der Waals surface area contributed by atoms with Gasteiger partial charge in [-0.05, 0) is 42.3 Å². The summed E-state index contributed by atoms with van der Waals surface area (Å²) in [6.45, 7) is 1.83. The molecule has 1 aliphatic rings. The lowest BCUT2D eigenvalue weighted by atomic mass is 9.95. The van der Waals surface area contributed by atoms with Crippen molar-refractivity contribution in [1.82, 2.24) is 15.1 Å². The highest BCUT2D eigenvalue weighted by atomic mass is 79.9. The van der Waals surface area contributed by atoms with Crippen molar-refractivity contribution >= 4 is 33.4 Å². The van der Waals surface area contributed by atoms with E-state index in [0.717, 1.165) is 15.6 Å². The summed E-state index contributed by atoms with van der Waals surface area (Å²) in [7, 11) is 0. The number of carbonyl (C=O) groups is 1. The van der Waals surface area contributed by atoms with Gasteiger partial charge in [0.05, 0.1) is 12.6 Å². The van der Waals surface area contributed by atoms with Crippen LogP contribution in [0.4, 0.5) is 0 Å². The average Bonchev–Trinajstić information content (AvgIpc) is 3.20. The molecule has 1 amide bonds. The molecular formula is C20H17BrClN3O3. The maximum Gasteiger partial charge on any atom is 0.273 e. The van der Waals surface area contributed by atoms with E-state index in [-0.39, 0.29) is 24.8 Å². The highest BCUT2D eigenvalue weighted by Gasteiger charge is 2.42. The van der Waals surface area contributed by atoms with E-state index in [2.05, 4.69) is 26.1 Å². The number of amides is 1. The first-order valence-electron chi connectivity index (χ1n) is 8.67. The molecule has 144 valence electrons. The van der Waals surface area contributed by atoms with Crippen LogP contribution in [-0.4, -0.2) is 44.4 Å². The molecule has 0 spiro atoms. The molecule has 0 unspecified atom stereocenters. The predicted molar refractivity (Wildman–Crippen MR) is 110 cm³/mol. The van der Waals surface area contributed by atoms with Crippen LogP contribution in [0.25, 0.3) is 11.3 Å². The summed E-state index contributed by atoms with van der Waals surface area (Å²) in [4.78, 5) is 14.5. The standard InChI is InChI=1S/C20H17BrClN3O3/c1-10-8-15(27)13(9-14(10)22)17-16-18(24-23-17)20(28)25(6-7-26)19(16)11-2-4-12(21)5-3-11/h2-5,8-9,19,26-27H,6-7H2,1H3,(H,23,24)/t19-/m1/s1. The number of aliphatic hydroxyl groups is 1. The minimum absolute atomic E-state index is 0.0406. The highest BCUT2D eigenvalue weighted by molar-refractivity contribution is 9.10. The van der Waals surface area contributed by atoms with E-state index in [1.165, 1.54) is 0 Å². The molecule has 0 aliphatic carbocycles. The lowest BCUT2D eigenvalue weighted by molar-refractivity contribution is 0.0706. The van der Waals surface area contributed by atoms with Crippen molar-refractivity contribution in [3.63, 3.8) is 0 Å². The molecular weight excluding hydrogens is 446 g/mol. The molecule has 1 aliphatic heterocycles. The first kappa shape index (κ1) is 19.0. The van der Waals surface area contributed by atoms with Crippen molar-refractivity contribution < 1.29 is 15.0 Å². The molecule has 2 heterocycles. The molecule has 4 rings (SSSR count). The third kappa shape index (κ3) is 2.99. The lowest BCUT2D eigenvalue weighted by Crippen LogP contribution is -2.32. The van der Waals surface area contributed by atoms with Crippen molar-refractivity contribution in [2.75, 3.05) is 13.2 Å². The minimum Gasteiger partial charge on any atom is -0.507 e. The van der Waals surface area contributed by atoms with Gasteiger partial charge in [-0.2, -0.15) is 5.10 Å². The fourth-order valence-electron chi connectivity index (χ4n) is 3.59. The summed E-state index contributed by atoms with van der Waals surface area (Å²) in [5.41, 5.74) is 3.56. The smallest absolute Gasteiger partial charge is 0.273 e. The average molecular weight is 463 g/mol. The number of aromatic hydroxyl groups is 1. The summed E-state index contributed by atoms with van der Waals surface area (Å²) in [6.07, 6.45) is 0. The van der Waals surface area contributed by atoms with Gasteiger partial charge in [-0.1, -0.05) is 39.7 Å². The fourth-order valence-corrected chi connectivity index (χ4v) is 4.02. The molecule has 28 heavy (non-hydrogen) atoms. The summed E-state index contributed by atoms with van der Waals surface area (Å²) < 4.78 is 0.921. The summed E-state index contributed by atoms with van der Waals surface area (Å²) >= 11 is 9.69. The van der Waals surface area contributed by atoms with Crippen molar-refractivity contribution in [3.8, 4) is 17.0 Å². The highest BCUT2D eigenvalue weighted by Crippen LogP contribution is 2.45. The van der Waals surface area contributed by atoms with E-state index < -0.39 is 6.04 Å². The molecule has 2 aromatic carbocycles. The number of aliphatic hydroxyl groups excluding tert-OH is 1. The Labute approximate surface area is 174 Å². The van der Waals surface area contributed by atoms with Crippen LogP contribution < -0.4 is 0 Å². The number of aromatic amines is 1. The van der Waals surface area contributed by atoms with E-state index >= 15 is 0 Å². The van der Waals surface area contributed by atoms with Crippen LogP contribution in [0.15, 0.2) is 40.9 Å². The molecule has 1 atom stereocenters. The lowest BCUT2D eigenvalue weighted by Gasteiger charge is -2.25. The number of carbonyl (C=O) groups excluding carboxylic acids is 1. The van der Waals surface area contributed by atoms with Gasteiger partial charge in [-0.3, -0.25) is 9.89 Å². The first-order valence-corrected chi connectivity index (χ1v) is 9.84. The zero-order valence-electron chi connectivity index (χ0n) is 14.9. The Morgan fingerprint density at radius 3 is 2.68 bits per heavy atom. The molecule has 8 heteroatoms. The van der Waals surface area contributed by atoms with E-state index in [1.54, 1.807) is 24.0 Å². The Hall–Kier alpha value is -2.35. The van der Waals surface area contributed by atoms with Crippen molar-refractivity contribution in [3.05, 3.63) is 68.3 Å². The number of hydrogen-bond donors (Lipinski definition) is 3. The zero-order valence-corrected chi connectivity index (χ0v) is 17.3. The van der Waals surface area contributed by atoms with Crippen LogP contribution in [0.3, 0.4) is 0 Å². The molecule has 0 saturated carbocycles. The van der Waals surface area contributed by atoms with Crippen LogP contribution in [0, 0.1) is 6.92 Å². The number of benzene rings is 2. The summed E-state index contributed by atoms with van der Waals surface area (Å²) in [5.74, 6) is -0.202. The minimum atomic E-state index is -0.434. The summed E-state index contributed by atoms with van der Waals surface area (Å²) in [6, 6.07) is 10.4. The van der Waals surface area contributed by atoms with E-state index in [4.69, 9.17) is 11.6 Å². The van der Waals surface area contributed by atoms with Crippen LogP contribution in [0.1, 0.15) is 33.2 Å². The Balaban J connectivity index is 1.92. The number of β-amino-alcohol motifs (C(OH)–C–C–N with tert-alkyl or cyclic N) is 1. The second-order valence-corrected chi connectivity index (χ2v) is 7.98. The quantitative estimate of drug-likeness (QED) is 0.546. The molecule has 3 aromatic rings. The number of phenolic OH excluding ortho intramolecular Hbond substituents is 1. The number of nitrogens with one attached hydrogen (secondary N) is 1. The van der Waals surface area contributed by atoms with Crippen molar-refractivity contribution in [2.45, 2.75) is 13.0 Å². The Kier molecular flexibility index (Phi) is 4.91. The summed E-state index contributed by atoms with van der Waals surface area (Å²) in [5, 5.41) is 27.6. The predicted octanol–water partition coefficient (Wildman–Crippen LogP) is 4.04. The van der Waals surface area contributed by atoms with Crippen molar-refractivity contribution in [2.24, 2.45) is 0 Å². The second kappa shape index (κ2) is 7.24. The van der Waals surface area contributed by atoms with Gasteiger partial charge in [-0.25, -0.2) is 0 Å². The molecule has 0 radical (unpaired) electrons. The van der Waals surface area contributed by atoms with Crippen molar-refractivity contribution in [1.29, 1.82) is 0 Å². The molecule has 3 N–H and O–H groups in total. The van der Waals surface area contributed by atoms with Gasteiger partial charge in [0.2, 0.25) is 0 Å². The number of fused-ring (bicyclic) bond motifs is 1. The van der Waals surface area contributed by atoms with E-state index in [0.29, 0.717) is 27.5 Å². The topological polar surface area (TPSA) is 89.5 Å². The number of nitrogens with zero attached hydrogens (tertiary/aromatic N) is 2. The van der Waals surface area contributed by atoms with Gasteiger partial charge in [0.1, 0.15) is 17.1 Å². The monoisotopic (exact) mass is 461 g/mol. The largest absolute Gasteiger partial charge is 0.507 e. The third-order valence-corrected chi connectivity index (χ3v) is 5.86. The molecule has 0 fully saturated rings. The maximum atomic E-state index is 12.9. The van der Waals surface area contributed by atoms with Crippen LogP contribution in [0.2, 0.25) is 5.02 Å². The zero-order chi connectivity index (χ0) is 20.0. The number of rotatable bonds is 4. The first-order chi connectivity index (χ1) is 13.4. The van der Waals surface area contributed by atoms with E-state index in [1.807, 2.05) is 24.3 Å². The number of halogens is 2. The second-order valence-electron chi connectivity index (χ2n) is 6.66. The molecule has 0 bridgehead atoms. The number of aryl methyl sites for hydroxylation is 1. The molecule has 0 saturated heterocycles. The molecule has 1 aromatic heterocycles. The van der Waals surface area contributed by atoms with Gasteiger partial charge in [0.25, 0.3) is 5.91 Å². The van der Waals surface area contributed by atoms with Gasteiger partial charge in [0.15, 0.2) is 0 Å².